The zero-order chi connectivity index (χ0) is 13.4. The molecule has 0 saturated carbocycles. The molecule has 1 aliphatic carbocycles. The molecule has 2 unspecified atom stereocenters. The van der Waals surface area contributed by atoms with Gasteiger partial charge in [-0.1, -0.05) is 29.4 Å². The maximum absolute atomic E-state index is 10.4. The van der Waals surface area contributed by atoms with E-state index in [4.69, 9.17) is 4.52 Å². The normalized spacial score (nSPS) is 21.9. The van der Waals surface area contributed by atoms with E-state index in [-0.39, 0.29) is 6.04 Å². The van der Waals surface area contributed by atoms with Gasteiger partial charge in [0, 0.05) is 18.7 Å². The summed E-state index contributed by atoms with van der Waals surface area (Å²) in [6, 6.07) is 10.1. The minimum absolute atomic E-state index is 0.106. The summed E-state index contributed by atoms with van der Waals surface area (Å²) in [4.78, 5) is 2.14. The number of aliphatic hydroxyl groups is 1. The lowest BCUT2D eigenvalue weighted by Gasteiger charge is -2.26. The molecule has 2 atom stereocenters. The van der Waals surface area contributed by atoms with E-state index in [0.717, 1.165) is 23.4 Å². The zero-order valence-electron chi connectivity index (χ0n) is 11.2. The van der Waals surface area contributed by atoms with E-state index in [1.54, 1.807) is 0 Å². The van der Waals surface area contributed by atoms with Crippen LogP contribution in [0.2, 0.25) is 0 Å². The maximum atomic E-state index is 10.4. The SMILES string of the molecule is Cc1cc(CN(C)C2Cc3ccccc3C2O)no1. The number of rotatable bonds is 3. The Morgan fingerprint density at radius 3 is 2.89 bits per heavy atom. The van der Waals surface area contributed by atoms with E-state index in [9.17, 15) is 5.11 Å². The van der Waals surface area contributed by atoms with Crippen LogP contribution in [0.15, 0.2) is 34.9 Å². The lowest BCUT2D eigenvalue weighted by atomic mass is 10.1. The summed E-state index contributed by atoms with van der Waals surface area (Å²) in [6.45, 7) is 2.57. The highest BCUT2D eigenvalue weighted by molar-refractivity contribution is 5.35. The highest BCUT2D eigenvalue weighted by Gasteiger charge is 2.33. The summed E-state index contributed by atoms with van der Waals surface area (Å²) in [6.07, 6.45) is 0.458. The third-order valence-corrected chi connectivity index (χ3v) is 3.82. The van der Waals surface area contributed by atoms with E-state index >= 15 is 0 Å². The van der Waals surface area contributed by atoms with E-state index in [0.29, 0.717) is 6.54 Å². The Labute approximate surface area is 112 Å². The fourth-order valence-electron chi connectivity index (χ4n) is 2.81. The number of likely N-dealkylation sites (N-methyl/N-ethyl adjacent to an activating group) is 1. The molecule has 4 heteroatoms. The summed E-state index contributed by atoms with van der Waals surface area (Å²) in [5.74, 6) is 0.818. The van der Waals surface area contributed by atoms with Gasteiger partial charge in [-0.2, -0.15) is 0 Å². The molecule has 3 rings (SSSR count). The van der Waals surface area contributed by atoms with Gasteiger partial charge >= 0.3 is 0 Å². The Morgan fingerprint density at radius 2 is 2.21 bits per heavy atom. The van der Waals surface area contributed by atoms with Crippen molar-refractivity contribution in [3.8, 4) is 0 Å². The number of hydrogen-bond donors (Lipinski definition) is 1. The molecule has 0 bridgehead atoms. The molecule has 0 saturated heterocycles. The molecule has 0 aliphatic heterocycles. The molecule has 1 aromatic heterocycles. The van der Waals surface area contributed by atoms with Gasteiger partial charge in [-0.05, 0) is 31.5 Å². The van der Waals surface area contributed by atoms with E-state index in [2.05, 4.69) is 16.1 Å². The van der Waals surface area contributed by atoms with Crippen molar-refractivity contribution < 1.29 is 9.63 Å². The molecular weight excluding hydrogens is 240 g/mol. The number of aryl methyl sites for hydroxylation is 1. The fourth-order valence-corrected chi connectivity index (χ4v) is 2.81. The van der Waals surface area contributed by atoms with Gasteiger partial charge in [-0.25, -0.2) is 0 Å². The molecule has 1 aliphatic rings. The van der Waals surface area contributed by atoms with Crippen LogP contribution >= 0.6 is 0 Å². The minimum atomic E-state index is -0.422. The van der Waals surface area contributed by atoms with E-state index < -0.39 is 6.10 Å². The summed E-state index contributed by atoms with van der Waals surface area (Å²) < 4.78 is 5.08. The first-order chi connectivity index (χ1) is 9.15. The average Bonchev–Trinajstić information content (AvgIpc) is 2.94. The highest BCUT2D eigenvalue weighted by Crippen LogP contribution is 2.34. The number of nitrogens with zero attached hydrogens (tertiary/aromatic N) is 2. The molecule has 100 valence electrons. The van der Waals surface area contributed by atoms with Gasteiger partial charge in [0.25, 0.3) is 0 Å². The molecule has 2 aromatic rings. The Balaban J connectivity index is 1.74. The molecular formula is C15H18N2O2. The third-order valence-electron chi connectivity index (χ3n) is 3.82. The topological polar surface area (TPSA) is 49.5 Å². The van der Waals surface area contributed by atoms with Gasteiger partial charge in [0.05, 0.1) is 11.8 Å². The number of aromatic nitrogens is 1. The second-order valence-corrected chi connectivity index (χ2v) is 5.26. The quantitative estimate of drug-likeness (QED) is 0.915. The molecule has 1 N–H and O–H groups in total. The van der Waals surface area contributed by atoms with Crippen molar-refractivity contribution in [2.75, 3.05) is 7.05 Å². The second-order valence-electron chi connectivity index (χ2n) is 5.26. The van der Waals surface area contributed by atoms with Crippen molar-refractivity contribution in [3.63, 3.8) is 0 Å². The summed E-state index contributed by atoms with van der Waals surface area (Å²) in [7, 11) is 2.02. The smallest absolute Gasteiger partial charge is 0.133 e. The molecule has 0 amide bonds. The molecule has 1 heterocycles. The number of aliphatic hydroxyl groups excluding tert-OH is 1. The van der Waals surface area contributed by atoms with E-state index in [1.807, 2.05) is 38.2 Å². The van der Waals surface area contributed by atoms with Crippen molar-refractivity contribution in [2.24, 2.45) is 0 Å². The molecule has 19 heavy (non-hydrogen) atoms. The Morgan fingerprint density at radius 1 is 1.42 bits per heavy atom. The Bertz CT molecular complexity index is 579. The Hall–Kier alpha value is -1.65. The van der Waals surface area contributed by atoms with Crippen molar-refractivity contribution >= 4 is 0 Å². The first-order valence-electron chi connectivity index (χ1n) is 6.53. The molecule has 0 fully saturated rings. The minimum Gasteiger partial charge on any atom is -0.387 e. The maximum Gasteiger partial charge on any atom is 0.133 e. The first kappa shape index (κ1) is 12.4. The van der Waals surface area contributed by atoms with Crippen molar-refractivity contribution in [1.82, 2.24) is 10.1 Å². The number of benzene rings is 1. The monoisotopic (exact) mass is 258 g/mol. The third kappa shape index (κ3) is 2.29. The summed E-state index contributed by atoms with van der Waals surface area (Å²) >= 11 is 0. The average molecular weight is 258 g/mol. The van der Waals surface area contributed by atoms with Gasteiger partial charge < -0.3 is 9.63 Å². The number of hydrogen-bond acceptors (Lipinski definition) is 4. The van der Waals surface area contributed by atoms with Gasteiger partial charge in [0.2, 0.25) is 0 Å². The standard InChI is InChI=1S/C15H18N2O2/c1-10-7-12(16-19-10)9-17(2)14-8-11-5-3-4-6-13(11)15(14)18/h3-7,14-15,18H,8-9H2,1-2H3. The predicted octanol–water partition coefficient (Wildman–Crippen LogP) is 2.07. The lowest BCUT2D eigenvalue weighted by Crippen LogP contribution is -2.34. The highest BCUT2D eigenvalue weighted by atomic mass is 16.5. The van der Waals surface area contributed by atoms with Crippen molar-refractivity contribution in [1.29, 1.82) is 0 Å². The molecule has 1 aromatic carbocycles. The van der Waals surface area contributed by atoms with Crippen LogP contribution in [-0.4, -0.2) is 28.3 Å². The van der Waals surface area contributed by atoms with Crippen LogP contribution in [0.3, 0.4) is 0 Å². The van der Waals surface area contributed by atoms with Gasteiger partial charge in [-0.15, -0.1) is 0 Å². The summed E-state index contributed by atoms with van der Waals surface area (Å²) in [5, 5.41) is 14.4. The molecule has 4 nitrogen and oxygen atoms in total. The van der Waals surface area contributed by atoms with Gasteiger partial charge in [-0.3, -0.25) is 4.90 Å². The second kappa shape index (κ2) is 4.79. The van der Waals surface area contributed by atoms with Crippen LogP contribution in [0.4, 0.5) is 0 Å². The summed E-state index contributed by atoms with van der Waals surface area (Å²) in [5.41, 5.74) is 3.20. The van der Waals surface area contributed by atoms with Crippen LogP contribution in [0.25, 0.3) is 0 Å². The van der Waals surface area contributed by atoms with Crippen molar-refractivity contribution in [2.45, 2.75) is 32.0 Å². The largest absolute Gasteiger partial charge is 0.387 e. The van der Waals surface area contributed by atoms with Crippen LogP contribution in [0.5, 0.6) is 0 Å². The predicted molar refractivity (Wildman–Crippen MR) is 71.6 cm³/mol. The van der Waals surface area contributed by atoms with Gasteiger partial charge in [0.1, 0.15) is 5.76 Å². The zero-order valence-corrected chi connectivity index (χ0v) is 11.2. The van der Waals surface area contributed by atoms with Gasteiger partial charge in [0.15, 0.2) is 0 Å². The van der Waals surface area contributed by atoms with Crippen LogP contribution in [0.1, 0.15) is 28.7 Å². The first-order valence-corrected chi connectivity index (χ1v) is 6.53. The van der Waals surface area contributed by atoms with Crippen LogP contribution in [0, 0.1) is 6.92 Å². The van der Waals surface area contributed by atoms with Crippen LogP contribution < -0.4 is 0 Å². The van der Waals surface area contributed by atoms with E-state index in [1.165, 1.54) is 5.56 Å². The lowest BCUT2D eigenvalue weighted by molar-refractivity contribution is 0.0709. The van der Waals surface area contributed by atoms with Crippen molar-refractivity contribution in [3.05, 3.63) is 52.9 Å². The fraction of sp³-hybridized carbons (Fsp3) is 0.400. The molecule has 0 radical (unpaired) electrons. The molecule has 0 spiro atoms. The number of fused-ring (bicyclic) bond motifs is 1. The van der Waals surface area contributed by atoms with Crippen LogP contribution in [-0.2, 0) is 13.0 Å². The Kier molecular flexibility index (Phi) is 3.12.